The predicted octanol–water partition coefficient (Wildman–Crippen LogP) is 5.37. The maximum absolute atomic E-state index is 3.30. The van der Waals surface area contributed by atoms with Crippen LogP contribution >= 0.6 is 0 Å². The van der Waals surface area contributed by atoms with Gasteiger partial charge < -0.3 is 5.32 Å². The van der Waals surface area contributed by atoms with E-state index in [1.807, 2.05) is 13.1 Å². The quantitative estimate of drug-likeness (QED) is 0.676. The molecule has 0 aliphatic rings. The first-order valence-electron chi connectivity index (χ1n) is 7.23. The van der Waals surface area contributed by atoms with E-state index in [4.69, 9.17) is 0 Å². The highest BCUT2D eigenvalue weighted by atomic mass is 14.8. The maximum Gasteiger partial charge on any atom is 0.0417 e. The van der Waals surface area contributed by atoms with Crippen LogP contribution in [-0.2, 0) is 0 Å². The third-order valence-electron chi connectivity index (χ3n) is 3.83. The molecule has 0 aliphatic carbocycles. The Morgan fingerprint density at radius 1 is 0.667 bits per heavy atom. The van der Waals surface area contributed by atoms with E-state index in [1.54, 1.807) is 0 Å². The van der Waals surface area contributed by atoms with Crippen LogP contribution in [0.25, 0.3) is 22.3 Å². The van der Waals surface area contributed by atoms with E-state index in [2.05, 4.69) is 79.0 Å². The molecule has 3 rings (SSSR count). The monoisotopic (exact) mass is 273 g/mol. The molecule has 0 fully saturated rings. The normalized spacial score (nSPS) is 10.4. The summed E-state index contributed by atoms with van der Waals surface area (Å²) < 4.78 is 0. The Morgan fingerprint density at radius 3 is 2.10 bits per heavy atom. The summed E-state index contributed by atoms with van der Waals surface area (Å²) in [6, 6.07) is 25.6. The van der Waals surface area contributed by atoms with E-state index in [0.717, 1.165) is 5.69 Å². The zero-order valence-electron chi connectivity index (χ0n) is 12.4. The largest absolute Gasteiger partial charge is 0.388 e. The van der Waals surface area contributed by atoms with Crippen molar-refractivity contribution in [2.45, 2.75) is 6.92 Å². The van der Waals surface area contributed by atoms with E-state index in [1.165, 1.54) is 27.8 Å². The molecule has 0 atom stereocenters. The average Bonchev–Trinajstić information content (AvgIpc) is 2.55. The minimum absolute atomic E-state index is 1.16. The molecule has 0 spiro atoms. The van der Waals surface area contributed by atoms with Crippen LogP contribution in [0.4, 0.5) is 5.69 Å². The van der Waals surface area contributed by atoms with Crippen LogP contribution in [0.1, 0.15) is 5.56 Å². The number of hydrogen-bond acceptors (Lipinski definition) is 1. The Bertz CT molecular complexity index is 745. The molecule has 1 heteroatoms. The highest BCUT2D eigenvalue weighted by Crippen LogP contribution is 2.34. The molecule has 0 bridgehead atoms. The summed E-state index contributed by atoms with van der Waals surface area (Å²) in [5.74, 6) is 0. The lowest BCUT2D eigenvalue weighted by atomic mass is 9.95. The SMILES string of the molecule is CNc1ccc(-c2ccccc2)cc1-c1ccccc1C. The molecular formula is C20H19N. The van der Waals surface area contributed by atoms with Crippen molar-refractivity contribution in [2.75, 3.05) is 12.4 Å². The van der Waals surface area contributed by atoms with Crippen molar-refractivity contribution in [2.24, 2.45) is 0 Å². The van der Waals surface area contributed by atoms with Gasteiger partial charge in [0.05, 0.1) is 0 Å². The van der Waals surface area contributed by atoms with Crippen LogP contribution in [0.3, 0.4) is 0 Å². The van der Waals surface area contributed by atoms with Gasteiger partial charge in [0, 0.05) is 18.3 Å². The van der Waals surface area contributed by atoms with Gasteiger partial charge in [0.15, 0.2) is 0 Å². The fourth-order valence-electron chi connectivity index (χ4n) is 2.67. The molecule has 21 heavy (non-hydrogen) atoms. The summed E-state index contributed by atoms with van der Waals surface area (Å²) >= 11 is 0. The standard InChI is InChI=1S/C20H19N/c1-15-8-6-7-11-18(15)19-14-17(12-13-20(19)21-2)16-9-4-3-5-10-16/h3-14,21H,1-2H3. The third-order valence-corrected chi connectivity index (χ3v) is 3.83. The Hall–Kier alpha value is -2.54. The number of rotatable bonds is 3. The highest BCUT2D eigenvalue weighted by molar-refractivity contribution is 5.84. The summed E-state index contributed by atoms with van der Waals surface area (Å²) in [5, 5.41) is 3.30. The van der Waals surface area contributed by atoms with E-state index in [-0.39, 0.29) is 0 Å². The maximum atomic E-state index is 3.30. The van der Waals surface area contributed by atoms with Crippen molar-refractivity contribution in [1.82, 2.24) is 0 Å². The van der Waals surface area contributed by atoms with E-state index in [0.29, 0.717) is 0 Å². The fourth-order valence-corrected chi connectivity index (χ4v) is 2.67. The number of aryl methyl sites for hydroxylation is 1. The molecule has 1 N–H and O–H groups in total. The molecule has 0 saturated heterocycles. The Balaban J connectivity index is 2.17. The first-order valence-corrected chi connectivity index (χ1v) is 7.23. The van der Waals surface area contributed by atoms with Crippen LogP contribution in [0.15, 0.2) is 72.8 Å². The van der Waals surface area contributed by atoms with E-state index >= 15 is 0 Å². The second kappa shape index (κ2) is 5.84. The second-order valence-electron chi connectivity index (χ2n) is 5.19. The first kappa shape index (κ1) is 13.4. The van der Waals surface area contributed by atoms with Crippen LogP contribution in [-0.4, -0.2) is 7.05 Å². The predicted molar refractivity (Wildman–Crippen MR) is 91.6 cm³/mol. The molecule has 0 unspecified atom stereocenters. The molecule has 0 saturated carbocycles. The lowest BCUT2D eigenvalue weighted by Crippen LogP contribution is -1.94. The van der Waals surface area contributed by atoms with E-state index < -0.39 is 0 Å². The Kier molecular flexibility index (Phi) is 3.74. The molecule has 3 aromatic carbocycles. The molecule has 0 amide bonds. The van der Waals surface area contributed by atoms with Gasteiger partial charge in [0.25, 0.3) is 0 Å². The van der Waals surface area contributed by atoms with Gasteiger partial charge in [-0.3, -0.25) is 0 Å². The van der Waals surface area contributed by atoms with Gasteiger partial charge in [0.2, 0.25) is 0 Å². The van der Waals surface area contributed by atoms with Crippen molar-refractivity contribution in [3.8, 4) is 22.3 Å². The van der Waals surface area contributed by atoms with Crippen molar-refractivity contribution in [3.63, 3.8) is 0 Å². The molecule has 0 radical (unpaired) electrons. The van der Waals surface area contributed by atoms with Gasteiger partial charge in [-0.05, 0) is 41.3 Å². The molecule has 3 aromatic rings. The summed E-state index contributed by atoms with van der Waals surface area (Å²) in [6.07, 6.45) is 0. The number of anilines is 1. The number of benzene rings is 3. The second-order valence-corrected chi connectivity index (χ2v) is 5.19. The van der Waals surface area contributed by atoms with Gasteiger partial charge in [-0.15, -0.1) is 0 Å². The molecular weight excluding hydrogens is 254 g/mol. The smallest absolute Gasteiger partial charge is 0.0417 e. The van der Waals surface area contributed by atoms with Gasteiger partial charge >= 0.3 is 0 Å². The zero-order valence-corrected chi connectivity index (χ0v) is 12.4. The van der Waals surface area contributed by atoms with Crippen molar-refractivity contribution in [3.05, 3.63) is 78.4 Å². The molecule has 1 nitrogen and oxygen atoms in total. The number of hydrogen-bond donors (Lipinski definition) is 1. The first-order chi connectivity index (χ1) is 10.3. The van der Waals surface area contributed by atoms with Crippen molar-refractivity contribution < 1.29 is 0 Å². The van der Waals surface area contributed by atoms with Crippen LogP contribution in [0.2, 0.25) is 0 Å². The highest BCUT2D eigenvalue weighted by Gasteiger charge is 2.08. The molecule has 0 aromatic heterocycles. The lowest BCUT2D eigenvalue weighted by molar-refractivity contribution is 1.44. The van der Waals surface area contributed by atoms with Crippen LogP contribution < -0.4 is 5.32 Å². The van der Waals surface area contributed by atoms with Crippen LogP contribution in [0.5, 0.6) is 0 Å². The molecule has 104 valence electrons. The zero-order chi connectivity index (χ0) is 14.7. The van der Waals surface area contributed by atoms with Crippen molar-refractivity contribution >= 4 is 5.69 Å². The van der Waals surface area contributed by atoms with Crippen molar-refractivity contribution in [1.29, 1.82) is 0 Å². The lowest BCUT2D eigenvalue weighted by Gasteiger charge is -2.14. The van der Waals surface area contributed by atoms with E-state index in [9.17, 15) is 0 Å². The minimum Gasteiger partial charge on any atom is -0.388 e. The third kappa shape index (κ3) is 2.68. The van der Waals surface area contributed by atoms with Gasteiger partial charge in [-0.1, -0.05) is 60.7 Å². The molecule has 0 aliphatic heterocycles. The summed E-state index contributed by atoms with van der Waals surface area (Å²) in [5.41, 5.74) is 7.46. The Labute approximate surface area is 126 Å². The number of nitrogens with one attached hydrogen (secondary N) is 1. The van der Waals surface area contributed by atoms with Gasteiger partial charge in [0.1, 0.15) is 0 Å². The topological polar surface area (TPSA) is 12.0 Å². The van der Waals surface area contributed by atoms with Gasteiger partial charge in [-0.2, -0.15) is 0 Å². The molecule has 0 heterocycles. The minimum atomic E-state index is 1.16. The average molecular weight is 273 g/mol. The van der Waals surface area contributed by atoms with Gasteiger partial charge in [-0.25, -0.2) is 0 Å². The van der Waals surface area contributed by atoms with Crippen LogP contribution in [0, 0.1) is 6.92 Å². The summed E-state index contributed by atoms with van der Waals surface area (Å²) in [6.45, 7) is 2.16. The summed E-state index contributed by atoms with van der Waals surface area (Å²) in [7, 11) is 1.97. The fraction of sp³-hybridized carbons (Fsp3) is 0.100. The Morgan fingerprint density at radius 2 is 1.38 bits per heavy atom. The summed E-state index contributed by atoms with van der Waals surface area (Å²) in [4.78, 5) is 0.